The van der Waals surface area contributed by atoms with Crippen LogP contribution in [-0.4, -0.2) is 38.4 Å². The molecule has 1 amide bonds. The van der Waals surface area contributed by atoms with Crippen LogP contribution in [0.25, 0.3) is 0 Å². The van der Waals surface area contributed by atoms with Gasteiger partial charge in [-0.1, -0.05) is 12.1 Å². The molecule has 3 N–H and O–H groups in total. The van der Waals surface area contributed by atoms with Crippen molar-refractivity contribution in [3.05, 3.63) is 29.8 Å². The standard InChI is InChI=1S/C15H22N2O3.ClH/c16-14-5-2-1-4-13(14)15(18)17-8-3-9-20-12-6-10-19-11-7-12;/h1-2,4-5,12H,3,6-11,16H2,(H,17,18);1H. The Bertz CT molecular complexity index is 437. The molecule has 1 aromatic carbocycles. The summed E-state index contributed by atoms with van der Waals surface area (Å²) in [5.74, 6) is -0.130. The summed E-state index contributed by atoms with van der Waals surface area (Å²) >= 11 is 0. The maximum atomic E-state index is 11.9. The Morgan fingerprint density at radius 2 is 2.05 bits per heavy atom. The van der Waals surface area contributed by atoms with E-state index in [-0.39, 0.29) is 18.3 Å². The van der Waals surface area contributed by atoms with Crippen molar-refractivity contribution in [2.75, 3.05) is 32.1 Å². The number of ether oxygens (including phenoxy) is 2. The van der Waals surface area contributed by atoms with E-state index >= 15 is 0 Å². The fourth-order valence-corrected chi connectivity index (χ4v) is 2.17. The number of nitrogen functional groups attached to an aromatic ring is 1. The summed E-state index contributed by atoms with van der Waals surface area (Å²) < 4.78 is 11.0. The Morgan fingerprint density at radius 1 is 1.33 bits per heavy atom. The van der Waals surface area contributed by atoms with E-state index in [0.717, 1.165) is 32.5 Å². The largest absolute Gasteiger partial charge is 0.398 e. The number of hydrogen-bond acceptors (Lipinski definition) is 4. The first-order valence-corrected chi connectivity index (χ1v) is 7.09. The maximum Gasteiger partial charge on any atom is 0.253 e. The quantitative estimate of drug-likeness (QED) is 0.622. The van der Waals surface area contributed by atoms with Gasteiger partial charge in [-0.15, -0.1) is 12.4 Å². The zero-order valence-corrected chi connectivity index (χ0v) is 12.9. The van der Waals surface area contributed by atoms with Crippen LogP contribution >= 0.6 is 12.4 Å². The molecule has 0 unspecified atom stereocenters. The Labute approximate surface area is 131 Å². The van der Waals surface area contributed by atoms with E-state index in [1.54, 1.807) is 18.2 Å². The number of para-hydroxylation sites is 1. The molecule has 21 heavy (non-hydrogen) atoms. The lowest BCUT2D eigenvalue weighted by atomic mass is 10.1. The average Bonchev–Trinajstić information content (AvgIpc) is 2.48. The van der Waals surface area contributed by atoms with E-state index in [9.17, 15) is 4.79 Å². The summed E-state index contributed by atoms with van der Waals surface area (Å²) in [7, 11) is 0. The normalized spacial score (nSPS) is 15.2. The lowest BCUT2D eigenvalue weighted by Gasteiger charge is -2.22. The number of nitrogens with two attached hydrogens (primary N) is 1. The molecule has 0 saturated carbocycles. The second-order valence-corrected chi connectivity index (χ2v) is 4.88. The maximum absolute atomic E-state index is 11.9. The molecular weight excluding hydrogens is 292 g/mol. The van der Waals surface area contributed by atoms with Gasteiger partial charge in [0.2, 0.25) is 0 Å². The van der Waals surface area contributed by atoms with Gasteiger partial charge in [-0.3, -0.25) is 4.79 Å². The van der Waals surface area contributed by atoms with Crippen LogP contribution in [0.4, 0.5) is 5.69 Å². The Hall–Kier alpha value is -1.30. The smallest absolute Gasteiger partial charge is 0.253 e. The zero-order valence-electron chi connectivity index (χ0n) is 12.0. The summed E-state index contributed by atoms with van der Waals surface area (Å²) in [4.78, 5) is 11.9. The van der Waals surface area contributed by atoms with Crippen molar-refractivity contribution in [3.8, 4) is 0 Å². The fraction of sp³-hybridized carbons (Fsp3) is 0.533. The van der Waals surface area contributed by atoms with Crippen molar-refractivity contribution in [1.29, 1.82) is 0 Å². The van der Waals surface area contributed by atoms with E-state index in [0.29, 0.717) is 30.5 Å². The number of carbonyl (C=O) groups excluding carboxylic acids is 1. The molecular formula is C15H23ClN2O3. The van der Waals surface area contributed by atoms with Gasteiger partial charge in [0.25, 0.3) is 5.91 Å². The van der Waals surface area contributed by atoms with E-state index < -0.39 is 0 Å². The molecule has 0 bridgehead atoms. The van der Waals surface area contributed by atoms with E-state index in [1.807, 2.05) is 6.07 Å². The highest BCUT2D eigenvalue weighted by Crippen LogP contribution is 2.11. The SMILES string of the molecule is Cl.Nc1ccccc1C(=O)NCCCOC1CCOCC1. The van der Waals surface area contributed by atoms with Crippen molar-refractivity contribution in [2.24, 2.45) is 0 Å². The number of benzene rings is 1. The van der Waals surface area contributed by atoms with Gasteiger partial charge in [-0.2, -0.15) is 0 Å². The second-order valence-electron chi connectivity index (χ2n) is 4.88. The molecule has 5 nitrogen and oxygen atoms in total. The number of halogens is 1. The molecule has 0 radical (unpaired) electrons. The molecule has 1 aromatic rings. The van der Waals surface area contributed by atoms with Gasteiger partial charge in [0.1, 0.15) is 0 Å². The van der Waals surface area contributed by atoms with Crippen molar-refractivity contribution in [2.45, 2.75) is 25.4 Å². The monoisotopic (exact) mass is 314 g/mol. The van der Waals surface area contributed by atoms with Crippen LogP contribution in [-0.2, 0) is 9.47 Å². The summed E-state index contributed by atoms with van der Waals surface area (Å²) in [5.41, 5.74) is 6.78. The first-order chi connectivity index (χ1) is 9.77. The predicted octanol–water partition coefficient (Wildman–Crippen LogP) is 2.01. The lowest BCUT2D eigenvalue weighted by molar-refractivity contribution is -0.0321. The zero-order chi connectivity index (χ0) is 14.2. The van der Waals surface area contributed by atoms with Crippen LogP contribution in [0.1, 0.15) is 29.6 Å². The minimum atomic E-state index is -0.130. The third-order valence-electron chi connectivity index (χ3n) is 3.33. The van der Waals surface area contributed by atoms with Gasteiger partial charge >= 0.3 is 0 Å². The van der Waals surface area contributed by atoms with E-state index in [1.165, 1.54) is 0 Å². The number of nitrogens with one attached hydrogen (secondary N) is 1. The van der Waals surface area contributed by atoms with Gasteiger partial charge in [0.15, 0.2) is 0 Å². The molecule has 1 saturated heterocycles. The molecule has 0 aliphatic carbocycles. The van der Waals surface area contributed by atoms with Crippen LogP contribution in [0.2, 0.25) is 0 Å². The summed E-state index contributed by atoms with van der Waals surface area (Å²) in [5, 5.41) is 2.85. The van der Waals surface area contributed by atoms with Gasteiger partial charge in [-0.05, 0) is 31.4 Å². The molecule has 6 heteroatoms. The van der Waals surface area contributed by atoms with Crippen LogP contribution in [0, 0.1) is 0 Å². The van der Waals surface area contributed by atoms with Gasteiger partial charge in [-0.25, -0.2) is 0 Å². The molecule has 0 aromatic heterocycles. The molecule has 0 atom stereocenters. The first kappa shape index (κ1) is 17.8. The highest BCUT2D eigenvalue weighted by atomic mass is 35.5. The summed E-state index contributed by atoms with van der Waals surface area (Å²) in [6.45, 7) is 2.83. The van der Waals surface area contributed by atoms with Crippen molar-refractivity contribution in [1.82, 2.24) is 5.32 Å². The second kappa shape index (κ2) is 9.60. The molecule has 1 aliphatic rings. The molecule has 1 aliphatic heterocycles. The number of anilines is 1. The minimum Gasteiger partial charge on any atom is -0.398 e. The third-order valence-corrected chi connectivity index (χ3v) is 3.33. The van der Waals surface area contributed by atoms with E-state index in [2.05, 4.69) is 5.32 Å². The Kier molecular flexibility index (Phi) is 8.12. The highest BCUT2D eigenvalue weighted by molar-refractivity contribution is 5.98. The van der Waals surface area contributed by atoms with Gasteiger partial charge < -0.3 is 20.5 Å². The Balaban J connectivity index is 0.00000220. The molecule has 118 valence electrons. The molecule has 2 rings (SSSR count). The van der Waals surface area contributed by atoms with Crippen LogP contribution in [0.15, 0.2) is 24.3 Å². The lowest BCUT2D eigenvalue weighted by Crippen LogP contribution is -2.28. The number of carbonyl (C=O) groups is 1. The number of rotatable bonds is 6. The number of hydrogen-bond donors (Lipinski definition) is 2. The first-order valence-electron chi connectivity index (χ1n) is 7.09. The van der Waals surface area contributed by atoms with Crippen LogP contribution in [0.5, 0.6) is 0 Å². The molecule has 1 heterocycles. The average molecular weight is 315 g/mol. The van der Waals surface area contributed by atoms with E-state index in [4.69, 9.17) is 15.2 Å². The summed E-state index contributed by atoms with van der Waals surface area (Å²) in [6, 6.07) is 7.07. The highest BCUT2D eigenvalue weighted by Gasteiger charge is 2.13. The van der Waals surface area contributed by atoms with Crippen molar-refractivity contribution in [3.63, 3.8) is 0 Å². The van der Waals surface area contributed by atoms with Crippen LogP contribution < -0.4 is 11.1 Å². The Morgan fingerprint density at radius 3 is 2.76 bits per heavy atom. The van der Waals surface area contributed by atoms with Crippen molar-refractivity contribution < 1.29 is 14.3 Å². The van der Waals surface area contributed by atoms with Crippen LogP contribution in [0.3, 0.4) is 0 Å². The third kappa shape index (κ3) is 5.91. The minimum absolute atomic E-state index is 0. The van der Waals surface area contributed by atoms with Gasteiger partial charge in [0.05, 0.1) is 11.7 Å². The van der Waals surface area contributed by atoms with Gasteiger partial charge in [0, 0.05) is 32.1 Å². The summed E-state index contributed by atoms with van der Waals surface area (Å²) in [6.07, 6.45) is 3.04. The molecule has 0 spiro atoms. The van der Waals surface area contributed by atoms with Crippen molar-refractivity contribution >= 4 is 24.0 Å². The fourth-order valence-electron chi connectivity index (χ4n) is 2.17. The topological polar surface area (TPSA) is 73.6 Å². The predicted molar refractivity (Wildman–Crippen MR) is 84.8 cm³/mol. The molecule has 1 fully saturated rings. The number of amides is 1.